The highest BCUT2D eigenvalue weighted by molar-refractivity contribution is 8.00. The van der Waals surface area contributed by atoms with Crippen molar-refractivity contribution >= 4 is 41.7 Å². The summed E-state index contributed by atoms with van der Waals surface area (Å²) in [5, 5.41) is 3.90. The molecule has 1 aliphatic rings. The van der Waals surface area contributed by atoms with Gasteiger partial charge in [-0.2, -0.15) is 0 Å². The first kappa shape index (κ1) is 18.6. The third-order valence-corrected chi connectivity index (χ3v) is 5.31. The lowest BCUT2D eigenvalue weighted by atomic mass is 10.1. The van der Waals surface area contributed by atoms with E-state index in [1.807, 2.05) is 43.1 Å². The average molecular weight is 349 g/mol. The van der Waals surface area contributed by atoms with Crippen molar-refractivity contribution in [1.82, 2.24) is 10.2 Å². The minimum absolute atomic E-state index is 0. The molecule has 3 nitrogen and oxygen atoms in total. The lowest BCUT2D eigenvalue weighted by molar-refractivity contribution is -0.131. The van der Waals surface area contributed by atoms with Crippen molar-refractivity contribution in [3.8, 4) is 0 Å². The SMILES string of the molecule is CNC1CCN(C(=O)C(C)Sc2ccccc2Cl)CC1.Cl. The van der Waals surface area contributed by atoms with E-state index in [0.717, 1.165) is 30.8 Å². The summed E-state index contributed by atoms with van der Waals surface area (Å²) in [5.74, 6) is 0.212. The van der Waals surface area contributed by atoms with Gasteiger partial charge in [0.1, 0.15) is 0 Å². The Morgan fingerprint density at radius 1 is 1.38 bits per heavy atom. The van der Waals surface area contributed by atoms with E-state index in [9.17, 15) is 4.79 Å². The normalized spacial score (nSPS) is 17.2. The van der Waals surface area contributed by atoms with Crippen molar-refractivity contribution < 1.29 is 4.79 Å². The molecule has 1 heterocycles. The molecule has 118 valence electrons. The number of nitrogens with zero attached hydrogens (tertiary/aromatic N) is 1. The molecule has 1 fully saturated rings. The number of hydrogen-bond donors (Lipinski definition) is 1. The molecule has 6 heteroatoms. The van der Waals surface area contributed by atoms with Crippen LogP contribution < -0.4 is 5.32 Å². The summed E-state index contributed by atoms with van der Waals surface area (Å²) in [7, 11) is 1.98. The number of amides is 1. The quantitative estimate of drug-likeness (QED) is 0.845. The summed E-state index contributed by atoms with van der Waals surface area (Å²) in [6, 6.07) is 8.22. The second kappa shape index (κ2) is 8.89. The Hall–Kier alpha value is -0.420. The summed E-state index contributed by atoms with van der Waals surface area (Å²) in [4.78, 5) is 15.4. The van der Waals surface area contributed by atoms with Gasteiger partial charge in [-0.25, -0.2) is 0 Å². The molecule has 2 rings (SSSR count). The third-order valence-electron chi connectivity index (χ3n) is 3.70. The van der Waals surface area contributed by atoms with E-state index in [1.165, 1.54) is 11.8 Å². The number of thioether (sulfide) groups is 1. The van der Waals surface area contributed by atoms with Gasteiger partial charge in [-0.3, -0.25) is 4.79 Å². The third kappa shape index (κ3) is 5.06. The van der Waals surface area contributed by atoms with E-state index in [-0.39, 0.29) is 23.6 Å². The first-order valence-electron chi connectivity index (χ1n) is 6.99. The number of nitrogens with one attached hydrogen (secondary N) is 1. The van der Waals surface area contributed by atoms with Crippen LogP contribution in [0.1, 0.15) is 19.8 Å². The molecule has 0 aromatic heterocycles. The Morgan fingerprint density at radius 3 is 2.57 bits per heavy atom. The van der Waals surface area contributed by atoms with E-state index in [4.69, 9.17) is 11.6 Å². The molecule has 0 saturated carbocycles. The smallest absolute Gasteiger partial charge is 0.235 e. The number of hydrogen-bond acceptors (Lipinski definition) is 3. The monoisotopic (exact) mass is 348 g/mol. The summed E-state index contributed by atoms with van der Waals surface area (Å²) < 4.78 is 0. The fraction of sp³-hybridized carbons (Fsp3) is 0.533. The van der Waals surface area contributed by atoms with Crippen LogP contribution in [0.5, 0.6) is 0 Å². The Labute approximate surface area is 142 Å². The number of benzene rings is 1. The van der Waals surface area contributed by atoms with Crippen molar-refractivity contribution in [2.75, 3.05) is 20.1 Å². The average Bonchev–Trinajstić information content (AvgIpc) is 2.49. The van der Waals surface area contributed by atoms with Crippen LogP contribution in [0.4, 0.5) is 0 Å². The molecule has 0 radical (unpaired) electrons. The zero-order chi connectivity index (χ0) is 14.5. The van der Waals surface area contributed by atoms with Gasteiger partial charge in [-0.1, -0.05) is 23.7 Å². The van der Waals surface area contributed by atoms with Gasteiger partial charge in [0.2, 0.25) is 5.91 Å². The van der Waals surface area contributed by atoms with E-state index in [1.54, 1.807) is 0 Å². The maximum absolute atomic E-state index is 12.5. The second-order valence-corrected chi connectivity index (χ2v) is 6.87. The van der Waals surface area contributed by atoms with E-state index in [2.05, 4.69) is 5.32 Å². The molecule has 0 bridgehead atoms. The molecule has 1 N–H and O–H groups in total. The molecule has 1 atom stereocenters. The van der Waals surface area contributed by atoms with Gasteiger partial charge in [0.25, 0.3) is 0 Å². The molecule has 0 aliphatic carbocycles. The van der Waals surface area contributed by atoms with Crippen molar-refractivity contribution in [1.29, 1.82) is 0 Å². The fourth-order valence-electron chi connectivity index (χ4n) is 2.43. The van der Waals surface area contributed by atoms with Gasteiger partial charge in [-0.05, 0) is 38.9 Å². The number of likely N-dealkylation sites (tertiary alicyclic amines) is 1. The van der Waals surface area contributed by atoms with Crippen molar-refractivity contribution in [3.05, 3.63) is 29.3 Å². The molecule has 1 aromatic carbocycles. The van der Waals surface area contributed by atoms with Gasteiger partial charge in [-0.15, -0.1) is 24.2 Å². The summed E-state index contributed by atoms with van der Waals surface area (Å²) in [6.07, 6.45) is 2.07. The molecule has 1 aliphatic heterocycles. The van der Waals surface area contributed by atoms with Crippen molar-refractivity contribution in [3.63, 3.8) is 0 Å². The summed E-state index contributed by atoms with van der Waals surface area (Å²) in [5.41, 5.74) is 0. The Bertz CT molecular complexity index is 465. The maximum atomic E-state index is 12.5. The predicted octanol–water partition coefficient (Wildman–Crippen LogP) is 3.45. The van der Waals surface area contributed by atoms with Crippen LogP contribution in [0.2, 0.25) is 5.02 Å². The molecule has 0 spiro atoms. The summed E-state index contributed by atoms with van der Waals surface area (Å²) in [6.45, 7) is 3.65. The van der Waals surface area contributed by atoms with Gasteiger partial charge in [0.15, 0.2) is 0 Å². The Kier molecular flexibility index (Phi) is 7.88. The fourth-order valence-corrected chi connectivity index (χ4v) is 3.66. The lowest BCUT2D eigenvalue weighted by Crippen LogP contribution is -2.46. The number of carbonyl (C=O) groups excluding carboxylic acids is 1. The minimum Gasteiger partial charge on any atom is -0.342 e. The van der Waals surface area contributed by atoms with Crippen LogP contribution in [-0.4, -0.2) is 42.2 Å². The van der Waals surface area contributed by atoms with Gasteiger partial charge >= 0.3 is 0 Å². The molecule has 21 heavy (non-hydrogen) atoms. The van der Waals surface area contributed by atoms with E-state index in [0.29, 0.717) is 11.1 Å². The standard InChI is InChI=1S/C15H21ClN2OS.ClH/c1-11(20-14-6-4-3-5-13(14)16)15(19)18-9-7-12(17-2)8-10-18;/h3-6,11-12,17H,7-10H2,1-2H3;1H. The number of carbonyl (C=O) groups is 1. The number of halogens is 2. The molecular weight excluding hydrogens is 327 g/mol. The first-order valence-corrected chi connectivity index (χ1v) is 8.25. The lowest BCUT2D eigenvalue weighted by Gasteiger charge is -2.33. The van der Waals surface area contributed by atoms with E-state index < -0.39 is 0 Å². The minimum atomic E-state index is -0.0963. The van der Waals surface area contributed by atoms with Gasteiger partial charge in [0.05, 0.1) is 10.3 Å². The predicted molar refractivity (Wildman–Crippen MR) is 92.7 cm³/mol. The van der Waals surface area contributed by atoms with Gasteiger partial charge in [0, 0.05) is 24.0 Å². The molecule has 1 amide bonds. The van der Waals surface area contributed by atoms with Crippen LogP contribution in [0.3, 0.4) is 0 Å². The summed E-state index contributed by atoms with van der Waals surface area (Å²) >= 11 is 7.68. The van der Waals surface area contributed by atoms with Crippen LogP contribution in [0.25, 0.3) is 0 Å². The second-order valence-electron chi connectivity index (χ2n) is 5.08. The van der Waals surface area contributed by atoms with Crippen LogP contribution >= 0.6 is 35.8 Å². The van der Waals surface area contributed by atoms with E-state index >= 15 is 0 Å². The number of piperidine rings is 1. The maximum Gasteiger partial charge on any atom is 0.235 e. The highest BCUT2D eigenvalue weighted by Crippen LogP contribution is 2.31. The topological polar surface area (TPSA) is 32.3 Å². The van der Waals surface area contributed by atoms with Crippen LogP contribution in [0.15, 0.2) is 29.2 Å². The number of rotatable bonds is 4. The first-order chi connectivity index (χ1) is 9.61. The molecule has 1 saturated heterocycles. The van der Waals surface area contributed by atoms with Crippen LogP contribution in [0, 0.1) is 0 Å². The van der Waals surface area contributed by atoms with Crippen molar-refractivity contribution in [2.45, 2.75) is 36.0 Å². The Balaban J connectivity index is 0.00000220. The zero-order valence-corrected chi connectivity index (χ0v) is 14.7. The molecular formula is C15H22Cl2N2OS. The van der Waals surface area contributed by atoms with Crippen LogP contribution in [-0.2, 0) is 4.79 Å². The molecule has 1 unspecified atom stereocenters. The van der Waals surface area contributed by atoms with Crippen molar-refractivity contribution in [2.24, 2.45) is 0 Å². The largest absolute Gasteiger partial charge is 0.342 e. The highest BCUT2D eigenvalue weighted by Gasteiger charge is 2.26. The highest BCUT2D eigenvalue weighted by atomic mass is 35.5. The Morgan fingerprint density at radius 2 is 2.00 bits per heavy atom. The molecule has 1 aromatic rings. The van der Waals surface area contributed by atoms with Gasteiger partial charge < -0.3 is 10.2 Å². The zero-order valence-electron chi connectivity index (χ0n) is 12.3.